The Labute approximate surface area is 123 Å². The van der Waals surface area contributed by atoms with Crippen molar-refractivity contribution in [1.82, 2.24) is 9.78 Å². The summed E-state index contributed by atoms with van der Waals surface area (Å²) >= 11 is 0. The molecule has 2 aromatic rings. The Balaban J connectivity index is 2.01. The van der Waals surface area contributed by atoms with E-state index in [0.29, 0.717) is 12.8 Å². The van der Waals surface area contributed by atoms with Gasteiger partial charge in [0.25, 0.3) is 0 Å². The van der Waals surface area contributed by atoms with Crippen LogP contribution < -0.4 is 0 Å². The minimum absolute atomic E-state index is 0.0170. The first-order valence-corrected chi connectivity index (χ1v) is 7.00. The van der Waals surface area contributed by atoms with Gasteiger partial charge in [0.2, 0.25) is 0 Å². The van der Waals surface area contributed by atoms with E-state index in [2.05, 4.69) is 5.10 Å². The van der Waals surface area contributed by atoms with Crippen LogP contribution in [0.5, 0.6) is 0 Å². The summed E-state index contributed by atoms with van der Waals surface area (Å²) in [6, 6.07) is 3.74. The molecule has 2 rings (SSSR count). The van der Waals surface area contributed by atoms with E-state index < -0.39 is 17.7 Å². The van der Waals surface area contributed by atoms with Crippen molar-refractivity contribution >= 4 is 0 Å². The van der Waals surface area contributed by atoms with Crippen molar-refractivity contribution in [3.05, 3.63) is 52.3 Å². The molecule has 0 fully saturated rings. The summed E-state index contributed by atoms with van der Waals surface area (Å²) in [4.78, 5) is 0. The van der Waals surface area contributed by atoms with Crippen LogP contribution in [0.25, 0.3) is 0 Å². The Bertz CT molecular complexity index is 617. The molecule has 21 heavy (non-hydrogen) atoms. The van der Waals surface area contributed by atoms with E-state index in [0.717, 1.165) is 17.0 Å². The lowest BCUT2D eigenvalue weighted by atomic mass is 10.00. The lowest BCUT2D eigenvalue weighted by Gasteiger charge is -2.12. The Morgan fingerprint density at radius 3 is 2.33 bits per heavy atom. The van der Waals surface area contributed by atoms with E-state index in [-0.39, 0.29) is 12.0 Å². The van der Waals surface area contributed by atoms with Crippen LogP contribution in [0.1, 0.15) is 28.9 Å². The summed E-state index contributed by atoms with van der Waals surface area (Å²) in [5.74, 6) is -1.22. The average molecular weight is 294 g/mol. The van der Waals surface area contributed by atoms with Gasteiger partial charge in [0.1, 0.15) is 11.6 Å². The van der Waals surface area contributed by atoms with Gasteiger partial charge in [-0.25, -0.2) is 8.78 Å². The van der Waals surface area contributed by atoms with Crippen molar-refractivity contribution in [1.29, 1.82) is 0 Å². The molecule has 1 aromatic carbocycles. The standard InChI is InChI=1S/C16H20F2N2O/c1-10-13(11(2)20(3)19-10)8-7-12(21)9-14-15(17)5-4-6-16(14)18/h4-6,12,21H,7-9H2,1-3H3. The third kappa shape index (κ3) is 3.47. The molecule has 0 aliphatic carbocycles. The van der Waals surface area contributed by atoms with Crippen LogP contribution in [0.15, 0.2) is 18.2 Å². The van der Waals surface area contributed by atoms with Crippen molar-refractivity contribution < 1.29 is 13.9 Å². The highest BCUT2D eigenvalue weighted by Gasteiger charge is 2.16. The first-order valence-electron chi connectivity index (χ1n) is 7.00. The zero-order chi connectivity index (χ0) is 15.6. The van der Waals surface area contributed by atoms with E-state index >= 15 is 0 Å². The topological polar surface area (TPSA) is 38.0 Å². The third-order valence-corrected chi connectivity index (χ3v) is 3.89. The van der Waals surface area contributed by atoms with Gasteiger partial charge in [-0.15, -0.1) is 0 Å². The number of nitrogens with zero attached hydrogens (tertiary/aromatic N) is 2. The summed E-state index contributed by atoms with van der Waals surface area (Å²) in [5.41, 5.74) is 3.02. The zero-order valence-electron chi connectivity index (χ0n) is 12.5. The number of benzene rings is 1. The molecule has 3 nitrogen and oxygen atoms in total. The van der Waals surface area contributed by atoms with Crippen molar-refractivity contribution in [2.24, 2.45) is 7.05 Å². The first kappa shape index (κ1) is 15.6. The molecule has 0 aliphatic heterocycles. The highest BCUT2D eigenvalue weighted by Crippen LogP contribution is 2.18. The number of rotatable bonds is 5. The van der Waals surface area contributed by atoms with E-state index in [1.54, 1.807) is 4.68 Å². The van der Waals surface area contributed by atoms with Crippen LogP contribution >= 0.6 is 0 Å². The number of aryl methyl sites for hydroxylation is 2. The third-order valence-electron chi connectivity index (χ3n) is 3.89. The van der Waals surface area contributed by atoms with Crippen molar-refractivity contribution in [2.75, 3.05) is 0 Å². The molecule has 1 atom stereocenters. The molecular weight excluding hydrogens is 274 g/mol. The summed E-state index contributed by atoms with van der Waals surface area (Å²) in [6.45, 7) is 3.89. The van der Waals surface area contributed by atoms with E-state index in [9.17, 15) is 13.9 Å². The Morgan fingerprint density at radius 2 is 1.81 bits per heavy atom. The molecule has 0 bridgehead atoms. The van der Waals surface area contributed by atoms with Crippen molar-refractivity contribution in [2.45, 2.75) is 39.2 Å². The number of hydrogen-bond donors (Lipinski definition) is 1. The van der Waals surface area contributed by atoms with Crippen LogP contribution in [-0.4, -0.2) is 21.0 Å². The van der Waals surface area contributed by atoms with Crippen LogP contribution in [0.4, 0.5) is 8.78 Å². The van der Waals surface area contributed by atoms with Gasteiger partial charge in [-0.1, -0.05) is 6.07 Å². The smallest absolute Gasteiger partial charge is 0.129 e. The first-order chi connectivity index (χ1) is 9.90. The number of halogens is 2. The zero-order valence-corrected chi connectivity index (χ0v) is 12.5. The fourth-order valence-electron chi connectivity index (χ4n) is 2.56. The minimum atomic E-state index is -0.782. The van der Waals surface area contributed by atoms with Gasteiger partial charge in [0.05, 0.1) is 11.8 Å². The largest absolute Gasteiger partial charge is 0.393 e. The van der Waals surface area contributed by atoms with Gasteiger partial charge >= 0.3 is 0 Å². The Kier molecular flexibility index (Phi) is 4.73. The lowest BCUT2D eigenvalue weighted by molar-refractivity contribution is 0.162. The molecule has 114 valence electrons. The highest BCUT2D eigenvalue weighted by atomic mass is 19.1. The van der Waals surface area contributed by atoms with Gasteiger partial charge < -0.3 is 5.11 Å². The Morgan fingerprint density at radius 1 is 1.19 bits per heavy atom. The number of hydrogen-bond acceptors (Lipinski definition) is 2. The van der Waals surface area contributed by atoms with Crippen molar-refractivity contribution in [3.8, 4) is 0 Å². The Hall–Kier alpha value is -1.75. The molecule has 0 radical (unpaired) electrons. The molecule has 1 aromatic heterocycles. The second kappa shape index (κ2) is 6.35. The maximum absolute atomic E-state index is 13.5. The minimum Gasteiger partial charge on any atom is -0.393 e. The van der Waals surface area contributed by atoms with E-state index in [4.69, 9.17) is 0 Å². The SMILES string of the molecule is Cc1nn(C)c(C)c1CCC(O)Cc1c(F)cccc1F. The van der Waals surface area contributed by atoms with Crippen LogP contribution in [0.2, 0.25) is 0 Å². The quantitative estimate of drug-likeness (QED) is 0.921. The molecule has 0 aliphatic rings. The fraction of sp³-hybridized carbons (Fsp3) is 0.438. The summed E-state index contributed by atoms with van der Waals surface area (Å²) in [7, 11) is 1.87. The second-order valence-electron chi connectivity index (χ2n) is 5.37. The van der Waals surface area contributed by atoms with Gasteiger partial charge in [0.15, 0.2) is 0 Å². The molecule has 0 saturated heterocycles. The average Bonchev–Trinajstić information content (AvgIpc) is 2.66. The molecule has 1 unspecified atom stereocenters. The van der Waals surface area contributed by atoms with E-state index in [1.165, 1.54) is 18.2 Å². The molecule has 1 N–H and O–H groups in total. The molecule has 5 heteroatoms. The molecular formula is C16H20F2N2O. The highest BCUT2D eigenvalue weighted by molar-refractivity contribution is 5.25. The number of aromatic nitrogens is 2. The predicted molar refractivity (Wildman–Crippen MR) is 77.1 cm³/mol. The second-order valence-corrected chi connectivity index (χ2v) is 5.37. The van der Waals surface area contributed by atoms with Crippen molar-refractivity contribution in [3.63, 3.8) is 0 Å². The molecule has 0 spiro atoms. The maximum Gasteiger partial charge on any atom is 0.129 e. The lowest BCUT2D eigenvalue weighted by Crippen LogP contribution is -2.14. The van der Waals surface area contributed by atoms with Gasteiger partial charge in [-0.3, -0.25) is 4.68 Å². The van der Waals surface area contributed by atoms with Crippen LogP contribution in [0, 0.1) is 25.5 Å². The fourth-order valence-corrected chi connectivity index (χ4v) is 2.56. The molecule has 1 heterocycles. The number of aliphatic hydroxyl groups excluding tert-OH is 1. The molecule has 0 amide bonds. The normalized spacial score (nSPS) is 12.7. The van der Waals surface area contributed by atoms with Gasteiger partial charge in [-0.05, 0) is 44.4 Å². The maximum atomic E-state index is 13.5. The number of aliphatic hydroxyl groups is 1. The van der Waals surface area contributed by atoms with Gasteiger partial charge in [-0.2, -0.15) is 5.10 Å². The van der Waals surface area contributed by atoms with Crippen LogP contribution in [0.3, 0.4) is 0 Å². The van der Waals surface area contributed by atoms with E-state index in [1.807, 2.05) is 20.9 Å². The predicted octanol–water partition coefficient (Wildman–Crippen LogP) is 2.85. The van der Waals surface area contributed by atoms with Gasteiger partial charge in [0, 0.05) is 24.7 Å². The summed E-state index contributed by atoms with van der Waals surface area (Å²) < 4.78 is 28.9. The molecule has 0 saturated carbocycles. The summed E-state index contributed by atoms with van der Waals surface area (Å²) in [5, 5.41) is 14.4. The summed E-state index contributed by atoms with van der Waals surface area (Å²) in [6.07, 6.45) is 0.288. The van der Waals surface area contributed by atoms with Crippen LogP contribution in [-0.2, 0) is 19.9 Å². The monoisotopic (exact) mass is 294 g/mol.